The second-order valence-corrected chi connectivity index (χ2v) is 8.06. The third kappa shape index (κ3) is 5.71. The predicted molar refractivity (Wildman–Crippen MR) is 105 cm³/mol. The van der Waals surface area contributed by atoms with Crippen molar-refractivity contribution >= 4 is 16.0 Å². The van der Waals surface area contributed by atoms with Crippen LogP contribution in [0.3, 0.4) is 0 Å². The number of esters is 1. The Kier molecular flexibility index (Phi) is 7.42. The van der Waals surface area contributed by atoms with Crippen molar-refractivity contribution in [1.29, 1.82) is 0 Å². The number of benzene rings is 2. The normalized spacial score (nSPS) is 11.3. The van der Waals surface area contributed by atoms with Crippen LogP contribution in [-0.4, -0.2) is 41.3 Å². The van der Waals surface area contributed by atoms with Crippen LogP contribution in [0.5, 0.6) is 11.5 Å². The zero-order valence-corrected chi connectivity index (χ0v) is 17.2. The first kappa shape index (κ1) is 21.7. The molecule has 0 aromatic heterocycles. The molecule has 1 N–H and O–H groups in total. The van der Waals surface area contributed by atoms with E-state index in [1.165, 1.54) is 25.3 Å². The summed E-state index contributed by atoms with van der Waals surface area (Å²) in [5.41, 5.74) is 1.13. The Labute approximate surface area is 165 Å². The molecule has 2 rings (SSSR count). The third-order valence-electron chi connectivity index (χ3n) is 3.86. The second kappa shape index (κ2) is 9.57. The van der Waals surface area contributed by atoms with Gasteiger partial charge >= 0.3 is 5.97 Å². The highest BCUT2D eigenvalue weighted by Gasteiger charge is 2.22. The zero-order chi connectivity index (χ0) is 20.7. The molecule has 0 bridgehead atoms. The molecule has 0 aliphatic heterocycles. The van der Waals surface area contributed by atoms with Crippen molar-refractivity contribution in [2.45, 2.75) is 31.2 Å². The summed E-state index contributed by atoms with van der Waals surface area (Å²) in [7, 11) is -0.857. The molecule has 0 heterocycles. The molecular weight excluding hydrogens is 382 g/mol. The van der Waals surface area contributed by atoms with E-state index in [0.29, 0.717) is 6.42 Å². The average molecular weight is 407 g/mol. The monoisotopic (exact) mass is 407 g/mol. The molecule has 0 amide bonds. The Balaban J connectivity index is 2.09. The number of sulfonamides is 1. The lowest BCUT2D eigenvalue weighted by molar-refractivity contribution is 0.0509. The topological polar surface area (TPSA) is 90.9 Å². The summed E-state index contributed by atoms with van der Waals surface area (Å²) >= 11 is 0. The molecule has 152 valence electrons. The molecule has 2 aromatic rings. The number of carbonyl (C=O) groups excluding carboxylic acids is 1. The van der Waals surface area contributed by atoms with E-state index in [1.807, 2.05) is 24.3 Å². The first-order chi connectivity index (χ1) is 13.3. The van der Waals surface area contributed by atoms with E-state index in [4.69, 9.17) is 14.2 Å². The van der Waals surface area contributed by atoms with Gasteiger partial charge in [-0.25, -0.2) is 17.9 Å². The van der Waals surface area contributed by atoms with Crippen molar-refractivity contribution in [3.63, 3.8) is 0 Å². The molecule has 0 atom stereocenters. The predicted octanol–water partition coefficient (Wildman–Crippen LogP) is 2.79. The second-order valence-electron chi connectivity index (χ2n) is 6.38. The van der Waals surface area contributed by atoms with Gasteiger partial charge in [0.1, 0.15) is 16.4 Å². The van der Waals surface area contributed by atoms with Gasteiger partial charge in [-0.2, -0.15) is 0 Å². The number of hydrogen-bond donors (Lipinski definition) is 1. The van der Waals surface area contributed by atoms with E-state index < -0.39 is 16.0 Å². The first-order valence-electron chi connectivity index (χ1n) is 8.77. The highest BCUT2D eigenvalue weighted by atomic mass is 32.2. The maximum Gasteiger partial charge on any atom is 0.338 e. The molecule has 0 spiro atoms. The molecule has 7 nitrogen and oxygen atoms in total. The van der Waals surface area contributed by atoms with Gasteiger partial charge in [-0.05, 0) is 49.7 Å². The number of nitrogens with one attached hydrogen (secondary N) is 1. The minimum Gasteiger partial charge on any atom is -0.497 e. The molecule has 0 radical (unpaired) electrons. The average Bonchev–Trinajstić information content (AvgIpc) is 2.67. The highest BCUT2D eigenvalue weighted by Crippen LogP contribution is 2.25. The lowest BCUT2D eigenvalue weighted by Crippen LogP contribution is -2.30. The van der Waals surface area contributed by atoms with E-state index >= 15 is 0 Å². The molecule has 0 saturated carbocycles. The fourth-order valence-electron chi connectivity index (χ4n) is 2.52. The van der Waals surface area contributed by atoms with Gasteiger partial charge in [-0.3, -0.25) is 0 Å². The quantitative estimate of drug-likeness (QED) is 0.643. The van der Waals surface area contributed by atoms with Gasteiger partial charge in [0.15, 0.2) is 0 Å². The highest BCUT2D eigenvalue weighted by molar-refractivity contribution is 7.89. The zero-order valence-electron chi connectivity index (χ0n) is 16.4. The van der Waals surface area contributed by atoms with Crippen molar-refractivity contribution in [2.75, 3.05) is 20.8 Å². The number of carbonyl (C=O) groups is 1. The van der Waals surface area contributed by atoms with Crippen LogP contribution in [0.4, 0.5) is 0 Å². The minimum atomic E-state index is -3.82. The van der Waals surface area contributed by atoms with E-state index in [2.05, 4.69) is 4.72 Å². The maximum absolute atomic E-state index is 12.5. The van der Waals surface area contributed by atoms with Gasteiger partial charge < -0.3 is 14.2 Å². The SMILES string of the molecule is COc1ccc(CCOC(=O)c2ccc(OC)c(S(=O)(=O)NC(C)C)c2)cc1. The lowest BCUT2D eigenvalue weighted by Gasteiger charge is -2.14. The molecule has 28 heavy (non-hydrogen) atoms. The third-order valence-corrected chi connectivity index (χ3v) is 5.54. The van der Waals surface area contributed by atoms with Gasteiger partial charge in [-0.1, -0.05) is 12.1 Å². The summed E-state index contributed by atoms with van der Waals surface area (Å²) in [5.74, 6) is 0.308. The van der Waals surface area contributed by atoms with Crippen molar-refractivity contribution in [2.24, 2.45) is 0 Å². The smallest absolute Gasteiger partial charge is 0.338 e. The van der Waals surface area contributed by atoms with Crippen molar-refractivity contribution in [3.8, 4) is 11.5 Å². The Morgan fingerprint density at radius 3 is 2.29 bits per heavy atom. The number of hydrogen-bond acceptors (Lipinski definition) is 6. The van der Waals surface area contributed by atoms with Crippen LogP contribution in [-0.2, 0) is 21.2 Å². The summed E-state index contributed by atoms with van der Waals surface area (Å²) in [4.78, 5) is 12.2. The van der Waals surface area contributed by atoms with Crippen LogP contribution in [0.1, 0.15) is 29.8 Å². The Bertz CT molecular complexity index is 907. The van der Waals surface area contributed by atoms with Gasteiger partial charge in [0.05, 0.1) is 26.4 Å². The number of methoxy groups -OCH3 is 2. The Morgan fingerprint density at radius 2 is 1.71 bits per heavy atom. The van der Waals surface area contributed by atoms with E-state index in [-0.39, 0.29) is 28.9 Å². The van der Waals surface area contributed by atoms with E-state index in [1.54, 1.807) is 21.0 Å². The van der Waals surface area contributed by atoms with Crippen LogP contribution in [0.15, 0.2) is 47.4 Å². The maximum atomic E-state index is 12.5. The van der Waals surface area contributed by atoms with Crippen LogP contribution >= 0.6 is 0 Å². The summed E-state index contributed by atoms with van der Waals surface area (Å²) in [6.07, 6.45) is 0.534. The summed E-state index contributed by atoms with van der Waals surface area (Å²) < 4.78 is 43.0. The van der Waals surface area contributed by atoms with Gasteiger partial charge in [-0.15, -0.1) is 0 Å². The summed E-state index contributed by atoms with van der Waals surface area (Å²) in [6, 6.07) is 11.3. The van der Waals surface area contributed by atoms with Gasteiger partial charge in [0.25, 0.3) is 0 Å². The molecule has 2 aromatic carbocycles. The van der Waals surface area contributed by atoms with Crippen LogP contribution in [0.2, 0.25) is 0 Å². The van der Waals surface area contributed by atoms with Crippen molar-refractivity contribution < 1.29 is 27.4 Å². The van der Waals surface area contributed by atoms with Crippen molar-refractivity contribution in [3.05, 3.63) is 53.6 Å². The molecule has 0 aliphatic carbocycles. The molecule has 0 saturated heterocycles. The van der Waals surface area contributed by atoms with Gasteiger partial charge in [0, 0.05) is 12.5 Å². The standard InChI is InChI=1S/C20H25NO6S/c1-14(2)21-28(23,24)19-13-16(7-10-18(19)26-4)20(22)27-12-11-15-5-8-17(25-3)9-6-15/h5-10,13-14,21H,11-12H2,1-4H3. The molecule has 0 unspecified atom stereocenters. The van der Waals surface area contributed by atoms with E-state index in [0.717, 1.165) is 11.3 Å². The van der Waals surface area contributed by atoms with Crippen molar-refractivity contribution in [1.82, 2.24) is 4.72 Å². The Morgan fingerprint density at radius 1 is 1.04 bits per heavy atom. The molecule has 0 fully saturated rings. The fourth-order valence-corrected chi connectivity index (χ4v) is 3.97. The fraction of sp³-hybridized carbons (Fsp3) is 0.350. The number of ether oxygens (including phenoxy) is 3. The Hall–Kier alpha value is -2.58. The summed E-state index contributed by atoms with van der Waals surface area (Å²) in [5, 5.41) is 0. The first-order valence-corrected chi connectivity index (χ1v) is 10.3. The van der Waals surface area contributed by atoms with Crippen LogP contribution < -0.4 is 14.2 Å². The molecule has 0 aliphatic rings. The van der Waals surface area contributed by atoms with Crippen LogP contribution in [0.25, 0.3) is 0 Å². The molecular formula is C20H25NO6S. The van der Waals surface area contributed by atoms with E-state index in [9.17, 15) is 13.2 Å². The lowest BCUT2D eigenvalue weighted by atomic mass is 10.1. The number of rotatable bonds is 9. The summed E-state index contributed by atoms with van der Waals surface area (Å²) in [6.45, 7) is 3.59. The largest absolute Gasteiger partial charge is 0.497 e. The minimum absolute atomic E-state index is 0.103. The van der Waals surface area contributed by atoms with Gasteiger partial charge in [0.2, 0.25) is 10.0 Å². The van der Waals surface area contributed by atoms with Crippen LogP contribution in [0, 0.1) is 0 Å². The molecule has 8 heteroatoms.